The van der Waals surface area contributed by atoms with Gasteiger partial charge < -0.3 is 14.2 Å². The van der Waals surface area contributed by atoms with Crippen molar-refractivity contribution < 1.29 is 9.53 Å². The second-order valence-electron chi connectivity index (χ2n) is 7.11. The van der Waals surface area contributed by atoms with Crippen molar-refractivity contribution in [2.45, 2.75) is 20.4 Å². The van der Waals surface area contributed by atoms with Crippen LogP contribution in [-0.2, 0) is 16.1 Å². The van der Waals surface area contributed by atoms with E-state index in [1.807, 2.05) is 54.8 Å². The van der Waals surface area contributed by atoms with Gasteiger partial charge in [-0.05, 0) is 43.7 Å². The lowest BCUT2D eigenvalue weighted by Crippen LogP contribution is -2.36. The Kier molecular flexibility index (Phi) is 5.57. The fraction of sp³-hybridized carbons (Fsp3) is 0.318. The average Bonchev–Trinajstić information content (AvgIpc) is 3.08. The van der Waals surface area contributed by atoms with Gasteiger partial charge in [0.05, 0.1) is 30.0 Å². The molecule has 0 saturated carbocycles. The monoisotopic (exact) mass is 391 g/mol. The van der Waals surface area contributed by atoms with E-state index in [0.29, 0.717) is 0 Å². The standard InChI is InChI=1S/C22H25N5O2/c1-16(18-7-9-19(10-8-18)26-11-13-29-14-12-26)24-25-22(28)15-27-17(2)23-20-5-3-4-6-21(20)27/h3-10H,11-15H2,1-2H3,(H,25,28)/b24-16-. The van der Waals surface area contributed by atoms with Gasteiger partial charge in [0.1, 0.15) is 12.4 Å². The first kappa shape index (κ1) is 19.1. The predicted octanol–water partition coefficient (Wildman–Crippen LogP) is 2.72. The van der Waals surface area contributed by atoms with E-state index in [1.165, 1.54) is 5.69 Å². The fourth-order valence-corrected chi connectivity index (χ4v) is 3.52. The first-order valence-corrected chi connectivity index (χ1v) is 9.80. The zero-order valence-electron chi connectivity index (χ0n) is 16.8. The number of rotatable bonds is 5. The summed E-state index contributed by atoms with van der Waals surface area (Å²) in [5.41, 5.74) is 7.41. The molecule has 1 saturated heterocycles. The highest BCUT2D eigenvalue weighted by Gasteiger charge is 2.12. The van der Waals surface area contributed by atoms with Crippen LogP contribution in [0.15, 0.2) is 53.6 Å². The number of hydrogen-bond donors (Lipinski definition) is 1. The summed E-state index contributed by atoms with van der Waals surface area (Å²) in [7, 11) is 0. The topological polar surface area (TPSA) is 71.8 Å². The Morgan fingerprint density at radius 2 is 1.86 bits per heavy atom. The number of para-hydroxylation sites is 2. The summed E-state index contributed by atoms with van der Waals surface area (Å²) in [5, 5.41) is 4.28. The number of imidazole rings is 1. The number of morpholine rings is 1. The summed E-state index contributed by atoms with van der Waals surface area (Å²) in [6.07, 6.45) is 0. The molecule has 4 rings (SSSR count). The van der Waals surface area contributed by atoms with Gasteiger partial charge in [-0.3, -0.25) is 4.79 Å². The number of anilines is 1. The molecule has 1 fully saturated rings. The molecule has 0 bridgehead atoms. The number of carbonyl (C=O) groups is 1. The maximum Gasteiger partial charge on any atom is 0.260 e. The Hall–Kier alpha value is -3.19. The van der Waals surface area contributed by atoms with Crippen LogP contribution >= 0.6 is 0 Å². The third-order valence-corrected chi connectivity index (χ3v) is 5.16. The van der Waals surface area contributed by atoms with Crippen molar-refractivity contribution in [1.29, 1.82) is 0 Å². The number of nitrogens with zero attached hydrogens (tertiary/aromatic N) is 4. The number of ether oxygens (including phenoxy) is 1. The lowest BCUT2D eigenvalue weighted by molar-refractivity contribution is -0.121. The molecular formula is C22H25N5O2. The minimum atomic E-state index is -0.180. The Morgan fingerprint density at radius 1 is 1.14 bits per heavy atom. The minimum Gasteiger partial charge on any atom is -0.378 e. The van der Waals surface area contributed by atoms with Crippen molar-refractivity contribution in [2.75, 3.05) is 31.2 Å². The van der Waals surface area contributed by atoms with Gasteiger partial charge in [-0.1, -0.05) is 24.3 Å². The predicted molar refractivity (Wildman–Crippen MR) is 114 cm³/mol. The van der Waals surface area contributed by atoms with Crippen molar-refractivity contribution in [2.24, 2.45) is 5.10 Å². The zero-order valence-corrected chi connectivity index (χ0v) is 16.8. The molecule has 0 radical (unpaired) electrons. The second kappa shape index (κ2) is 8.45. The highest BCUT2D eigenvalue weighted by Crippen LogP contribution is 2.17. The van der Waals surface area contributed by atoms with Gasteiger partial charge in [-0.25, -0.2) is 10.4 Å². The number of hydrogen-bond acceptors (Lipinski definition) is 5. The highest BCUT2D eigenvalue weighted by atomic mass is 16.5. The van der Waals surface area contributed by atoms with Crippen LogP contribution in [-0.4, -0.2) is 47.5 Å². The molecule has 2 aromatic carbocycles. The number of carbonyl (C=O) groups excluding carboxylic acids is 1. The molecule has 2 heterocycles. The maximum absolute atomic E-state index is 12.4. The Labute approximate surface area is 170 Å². The molecule has 7 nitrogen and oxygen atoms in total. The molecule has 1 aromatic heterocycles. The molecule has 29 heavy (non-hydrogen) atoms. The molecule has 0 unspecified atom stereocenters. The Balaban J connectivity index is 1.40. The van der Waals surface area contributed by atoms with Crippen LogP contribution in [0.1, 0.15) is 18.3 Å². The van der Waals surface area contributed by atoms with Gasteiger partial charge >= 0.3 is 0 Å². The molecule has 1 aliphatic rings. The molecule has 7 heteroatoms. The van der Waals surface area contributed by atoms with E-state index in [-0.39, 0.29) is 12.5 Å². The molecule has 1 N–H and O–H groups in total. The van der Waals surface area contributed by atoms with Crippen molar-refractivity contribution in [3.8, 4) is 0 Å². The van der Waals surface area contributed by atoms with E-state index in [4.69, 9.17) is 4.74 Å². The first-order valence-electron chi connectivity index (χ1n) is 9.80. The normalized spacial score (nSPS) is 15.0. The number of benzene rings is 2. The fourth-order valence-electron chi connectivity index (χ4n) is 3.52. The highest BCUT2D eigenvalue weighted by molar-refractivity contribution is 5.99. The number of fused-ring (bicyclic) bond motifs is 1. The van der Waals surface area contributed by atoms with Crippen LogP contribution in [0, 0.1) is 6.92 Å². The first-order chi connectivity index (χ1) is 14.1. The van der Waals surface area contributed by atoms with Gasteiger partial charge in [0, 0.05) is 18.8 Å². The van der Waals surface area contributed by atoms with Gasteiger partial charge in [0.15, 0.2) is 0 Å². The van der Waals surface area contributed by atoms with Crippen LogP contribution in [0.25, 0.3) is 11.0 Å². The number of hydrazone groups is 1. The summed E-state index contributed by atoms with van der Waals surface area (Å²) in [6, 6.07) is 16.0. The van der Waals surface area contributed by atoms with Crippen LogP contribution < -0.4 is 10.3 Å². The van der Waals surface area contributed by atoms with E-state index in [0.717, 1.165) is 54.4 Å². The summed E-state index contributed by atoms with van der Waals surface area (Å²) >= 11 is 0. The lowest BCUT2D eigenvalue weighted by atomic mass is 10.1. The van der Waals surface area contributed by atoms with Crippen LogP contribution in [0.5, 0.6) is 0 Å². The van der Waals surface area contributed by atoms with E-state index in [2.05, 4.69) is 32.5 Å². The number of nitrogens with one attached hydrogen (secondary N) is 1. The number of aromatic nitrogens is 2. The van der Waals surface area contributed by atoms with E-state index in [9.17, 15) is 4.79 Å². The number of aryl methyl sites for hydroxylation is 1. The van der Waals surface area contributed by atoms with Gasteiger partial charge in [0.25, 0.3) is 5.91 Å². The average molecular weight is 391 g/mol. The minimum absolute atomic E-state index is 0.180. The Morgan fingerprint density at radius 3 is 2.62 bits per heavy atom. The van der Waals surface area contributed by atoms with E-state index < -0.39 is 0 Å². The quantitative estimate of drug-likeness (QED) is 0.536. The van der Waals surface area contributed by atoms with E-state index in [1.54, 1.807) is 0 Å². The molecule has 0 spiro atoms. The molecule has 0 atom stereocenters. The summed E-state index contributed by atoms with van der Waals surface area (Å²) in [5.74, 6) is 0.626. The molecule has 1 amide bonds. The summed E-state index contributed by atoms with van der Waals surface area (Å²) in [4.78, 5) is 19.2. The third kappa shape index (κ3) is 4.30. The Bertz CT molecular complexity index is 1030. The van der Waals surface area contributed by atoms with Gasteiger partial charge in [-0.2, -0.15) is 5.10 Å². The molecule has 1 aliphatic heterocycles. The lowest BCUT2D eigenvalue weighted by Gasteiger charge is -2.28. The van der Waals surface area contributed by atoms with Crippen molar-refractivity contribution in [3.05, 3.63) is 59.9 Å². The van der Waals surface area contributed by atoms with Crippen LogP contribution in [0.2, 0.25) is 0 Å². The van der Waals surface area contributed by atoms with Crippen LogP contribution in [0.3, 0.4) is 0 Å². The smallest absolute Gasteiger partial charge is 0.260 e. The maximum atomic E-state index is 12.4. The van der Waals surface area contributed by atoms with Gasteiger partial charge in [0.2, 0.25) is 0 Å². The largest absolute Gasteiger partial charge is 0.378 e. The second-order valence-corrected chi connectivity index (χ2v) is 7.11. The van der Waals surface area contributed by atoms with Crippen molar-refractivity contribution >= 4 is 28.3 Å². The zero-order chi connectivity index (χ0) is 20.2. The molecule has 3 aromatic rings. The molecular weight excluding hydrogens is 366 g/mol. The van der Waals surface area contributed by atoms with Crippen molar-refractivity contribution in [1.82, 2.24) is 15.0 Å². The molecule has 150 valence electrons. The number of amides is 1. The third-order valence-electron chi connectivity index (χ3n) is 5.16. The van der Waals surface area contributed by atoms with Crippen molar-refractivity contribution in [3.63, 3.8) is 0 Å². The van der Waals surface area contributed by atoms with Gasteiger partial charge in [-0.15, -0.1) is 0 Å². The summed E-state index contributed by atoms with van der Waals surface area (Å²) in [6.45, 7) is 7.31. The van der Waals surface area contributed by atoms with Crippen LogP contribution in [0.4, 0.5) is 5.69 Å². The van der Waals surface area contributed by atoms with E-state index >= 15 is 0 Å². The molecule has 0 aliphatic carbocycles. The summed E-state index contributed by atoms with van der Waals surface area (Å²) < 4.78 is 7.29. The SMILES string of the molecule is C/C(=N/NC(=O)Cn1c(C)nc2ccccc21)c1ccc(N2CCOCC2)cc1.